The molecule has 158 valence electrons. The van der Waals surface area contributed by atoms with Crippen LogP contribution < -0.4 is 9.47 Å². The molecule has 2 atom stereocenters. The van der Waals surface area contributed by atoms with Crippen LogP contribution in [0.2, 0.25) is 0 Å². The second-order valence-corrected chi connectivity index (χ2v) is 8.06. The molecule has 0 saturated carbocycles. The van der Waals surface area contributed by atoms with Crippen molar-refractivity contribution in [2.24, 2.45) is 0 Å². The number of aliphatic hydroxyl groups is 2. The van der Waals surface area contributed by atoms with Crippen molar-refractivity contribution in [3.63, 3.8) is 0 Å². The van der Waals surface area contributed by atoms with Gasteiger partial charge in [0.2, 0.25) is 0 Å². The molecule has 0 radical (unpaired) electrons. The minimum Gasteiger partial charge on any atom is -0.491 e. The van der Waals surface area contributed by atoms with E-state index in [1.54, 1.807) is 0 Å². The van der Waals surface area contributed by atoms with E-state index in [2.05, 4.69) is 18.7 Å². The van der Waals surface area contributed by atoms with E-state index in [-0.39, 0.29) is 18.6 Å². The maximum Gasteiger partial charge on any atom is 0.119 e. The zero-order valence-electron chi connectivity index (χ0n) is 17.1. The van der Waals surface area contributed by atoms with Crippen LogP contribution in [-0.4, -0.2) is 66.8 Å². The van der Waals surface area contributed by atoms with Gasteiger partial charge in [-0.15, -0.1) is 0 Å². The average molecular weight is 403 g/mol. The molecule has 0 bridgehead atoms. The molecule has 0 aliphatic carbocycles. The van der Waals surface area contributed by atoms with Crippen LogP contribution in [0.25, 0.3) is 0 Å². The minimum absolute atomic E-state index is 0.0621. The Balaban J connectivity index is 1.57. The molecule has 1 saturated heterocycles. The van der Waals surface area contributed by atoms with Gasteiger partial charge in [0.25, 0.3) is 0 Å². The number of halogens is 1. The number of nitrogens with zero attached hydrogens (tertiary/aromatic N) is 1. The molecular weight excluding hydrogens is 373 g/mol. The average Bonchev–Trinajstić information content (AvgIpc) is 3.55. The molecule has 1 fully saturated rings. The van der Waals surface area contributed by atoms with E-state index in [0.29, 0.717) is 12.3 Å². The molecule has 3 rings (SSSR count). The molecule has 2 aromatic carbocycles. The molecule has 0 spiro atoms. The molecule has 2 unspecified atom stereocenters. The standard InChI is InChI=1S/C23H30FNO4/c1-23(2,17-3-7-21(8-4-17)28-15-19(26)13-24)18-5-9-22(10-6-18)29-16-20(27)14-25-11-12-25/h3-10,19-20,26-27H,11-16H2,1-2H3. The van der Waals surface area contributed by atoms with Gasteiger partial charge < -0.3 is 19.7 Å². The normalized spacial score (nSPS) is 16.3. The van der Waals surface area contributed by atoms with Crippen LogP contribution in [0.4, 0.5) is 4.39 Å². The highest BCUT2D eigenvalue weighted by Crippen LogP contribution is 2.33. The zero-order chi connectivity index (χ0) is 20.9. The lowest BCUT2D eigenvalue weighted by Gasteiger charge is -2.26. The Labute approximate surface area is 171 Å². The van der Waals surface area contributed by atoms with Crippen LogP contribution >= 0.6 is 0 Å². The summed E-state index contributed by atoms with van der Waals surface area (Å²) in [4.78, 5) is 2.17. The van der Waals surface area contributed by atoms with E-state index in [1.165, 1.54) is 0 Å². The highest BCUT2D eigenvalue weighted by molar-refractivity contribution is 5.41. The van der Waals surface area contributed by atoms with E-state index in [0.717, 1.165) is 30.0 Å². The first-order valence-corrected chi connectivity index (χ1v) is 9.99. The first-order chi connectivity index (χ1) is 13.9. The summed E-state index contributed by atoms with van der Waals surface area (Å²) in [5.74, 6) is 1.34. The van der Waals surface area contributed by atoms with Gasteiger partial charge in [0.05, 0.1) is 0 Å². The molecule has 1 heterocycles. The van der Waals surface area contributed by atoms with E-state index in [4.69, 9.17) is 9.47 Å². The molecular formula is C23H30FNO4. The SMILES string of the molecule is CC(C)(c1ccc(OCC(O)CF)cc1)c1ccc(OCC(O)CN2CC2)cc1. The molecule has 1 aliphatic heterocycles. The Morgan fingerprint density at radius 2 is 1.31 bits per heavy atom. The van der Waals surface area contributed by atoms with Crippen molar-refractivity contribution in [2.75, 3.05) is 39.5 Å². The highest BCUT2D eigenvalue weighted by atomic mass is 19.1. The van der Waals surface area contributed by atoms with E-state index in [1.807, 2.05) is 48.5 Å². The molecule has 1 aliphatic rings. The van der Waals surface area contributed by atoms with Crippen molar-refractivity contribution in [3.05, 3.63) is 59.7 Å². The van der Waals surface area contributed by atoms with Gasteiger partial charge >= 0.3 is 0 Å². The van der Waals surface area contributed by atoms with Gasteiger partial charge in [-0.25, -0.2) is 4.39 Å². The van der Waals surface area contributed by atoms with Gasteiger partial charge in [-0.3, -0.25) is 4.90 Å². The fourth-order valence-electron chi connectivity index (χ4n) is 3.14. The topological polar surface area (TPSA) is 61.9 Å². The van der Waals surface area contributed by atoms with Crippen molar-refractivity contribution in [1.82, 2.24) is 4.90 Å². The number of benzene rings is 2. The minimum atomic E-state index is -1.10. The summed E-state index contributed by atoms with van der Waals surface area (Å²) in [6, 6.07) is 15.5. The first kappa shape index (κ1) is 21.6. The van der Waals surface area contributed by atoms with Gasteiger partial charge in [-0.05, 0) is 35.4 Å². The van der Waals surface area contributed by atoms with Crippen LogP contribution in [-0.2, 0) is 5.41 Å². The Morgan fingerprint density at radius 1 is 0.862 bits per heavy atom. The monoisotopic (exact) mass is 403 g/mol. The smallest absolute Gasteiger partial charge is 0.119 e. The summed E-state index contributed by atoms with van der Waals surface area (Å²) in [6.45, 7) is 6.48. The second-order valence-electron chi connectivity index (χ2n) is 8.06. The molecule has 29 heavy (non-hydrogen) atoms. The van der Waals surface area contributed by atoms with Crippen molar-refractivity contribution < 1.29 is 24.1 Å². The number of hydrogen-bond donors (Lipinski definition) is 2. The van der Waals surface area contributed by atoms with Gasteiger partial charge in [-0.1, -0.05) is 38.1 Å². The lowest BCUT2D eigenvalue weighted by Crippen LogP contribution is -2.26. The van der Waals surface area contributed by atoms with Crippen LogP contribution in [0.3, 0.4) is 0 Å². The summed E-state index contributed by atoms with van der Waals surface area (Å²) < 4.78 is 23.4. The fourth-order valence-corrected chi connectivity index (χ4v) is 3.14. The lowest BCUT2D eigenvalue weighted by molar-refractivity contribution is 0.0842. The quantitative estimate of drug-likeness (QED) is 0.565. The van der Waals surface area contributed by atoms with Crippen molar-refractivity contribution >= 4 is 0 Å². The Hall–Kier alpha value is -2.15. The first-order valence-electron chi connectivity index (χ1n) is 9.99. The third-order valence-corrected chi connectivity index (χ3v) is 5.22. The molecule has 2 N–H and O–H groups in total. The van der Waals surface area contributed by atoms with Crippen LogP contribution in [0.15, 0.2) is 48.5 Å². The van der Waals surface area contributed by atoms with Crippen molar-refractivity contribution in [1.29, 1.82) is 0 Å². The summed E-state index contributed by atoms with van der Waals surface area (Å²) in [5, 5.41) is 19.2. The number of ether oxygens (including phenoxy) is 2. The van der Waals surface area contributed by atoms with Crippen molar-refractivity contribution in [3.8, 4) is 11.5 Å². The Bertz CT molecular complexity index is 759. The second kappa shape index (κ2) is 9.57. The van der Waals surface area contributed by atoms with Crippen molar-refractivity contribution in [2.45, 2.75) is 31.5 Å². The van der Waals surface area contributed by atoms with E-state index in [9.17, 15) is 14.6 Å². The number of β-amino-alcohol motifs (C(OH)–C–C–N with tert-alkyl or cyclic N) is 1. The largest absolute Gasteiger partial charge is 0.491 e. The van der Waals surface area contributed by atoms with Crippen LogP contribution in [0.1, 0.15) is 25.0 Å². The third kappa shape index (κ3) is 6.16. The maximum atomic E-state index is 12.3. The molecule has 5 nitrogen and oxygen atoms in total. The Kier molecular flexibility index (Phi) is 7.11. The summed E-state index contributed by atoms with van der Waals surface area (Å²) >= 11 is 0. The number of alkyl halides is 1. The number of rotatable bonds is 11. The molecule has 6 heteroatoms. The predicted molar refractivity (Wildman–Crippen MR) is 110 cm³/mol. The fraction of sp³-hybridized carbons (Fsp3) is 0.478. The molecule has 0 aromatic heterocycles. The zero-order valence-corrected chi connectivity index (χ0v) is 17.1. The van der Waals surface area contributed by atoms with Crippen LogP contribution in [0, 0.1) is 0 Å². The van der Waals surface area contributed by atoms with Gasteiger partial charge in [0.1, 0.15) is 43.6 Å². The Morgan fingerprint density at radius 3 is 1.72 bits per heavy atom. The maximum absolute atomic E-state index is 12.3. The molecule has 0 amide bonds. The van der Waals surface area contributed by atoms with E-state index < -0.39 is 18.9 Å². The summed E-state index contributed by atoms with van der Waals surface area (Å²) in [6.07, 6.45) is -1.57. The predicted octanol–water partition coefficient (Wildman–Crippen LogP) is 2.78. The number of hydrogen-bond acceptors (Lipinski definition) is 5. The van der Waals surface area contributed by atoms with Gasteiger partial charge in [0, 0.05) is 25.0 Å². The third-order valence-electron chi connectivity index (χ3n) is 5.22. The summed E-state index contributed by atoms with van der Waals surface area (Å²) in [5.41, 5.74) is 2.02. The highest BCUT2D eigenvalue weighted by Gasteiger charge is 2.24. The lowest BCUT2D eigenvalue weighted by atomic mass is 9.78. The number of aliphatic hydroxyl groups excluding tert-OH is 2. The van der Waals surface area contributed by atoms with E-state index >= 15 is 0 Å². The van der Waals surface area contributed by atoms with Gasteiger partial charge in [0.15, 0.2) is 0 Å². The van der Waals surface area contributed by atoms with Crippen LogP contribution in [0.5, 0.6) is 11.5 Å². The summed E-state index contributed by atoms with van der Waals surface area (Å²) in [7, 11) is 0. The molecule has 2 aromatic rings. The van der Waals surface area contributed by atoms with Gasteiger partial charge in [-0.2, -0.15) is 0 Å².